The molecule has 0 saturated heterocycles. The van der Waals surface area contributed by atoms with Crippen LogP contribution in [-0.2, 0) is 33.1 Å². The van der Waals surface area contributed by atoms with Crippen LogP contribution >= 0.6 is 0 Å². The van der Waals surface area contributed by atoms with Gasteiger partial charge in [0.25, 0.3) is 0 Å². The van der Waals surface area contributed by atoms with E-state index < -0.39 is 23.0 Å². The first kappa shape index (κ1) is 33.3. The number of aromatic nitrogens is 2. The van der Waals surface area contributed by atoms with Crippen LogP contribution in [0.4, 0.5) is 17.6 Å². The molecule has 0 bridgehead atoms. The van der Waals surface area contributed by atoms with Crippen molar-refractivity contribution in [2.24, 2.45) is 0 Å². The van der Waals surface area contributed by atoms with E-state index in [1.54, 1.807) is 12.4 Å². The Labute approximate surface area is 275 Å². The number of fused-ring (bicyclic) bond motifs is 2. The summed E-state index contributed by atoms with van der Waals surface area (Å²) in [6.45, 7) is 0. The van der Waals surface area contributed by atoms with E-state index in [1.807, 2.05) is 109 Å². The molecule has 2 atom stereocenters. The first-order valence-electron chi connectivity index (χ1n) is 14.0. The van der Waals surface area contributed by atoms with Gasteiger partial charge in [-0.05, 0) is 23.8 Å². The van der Waals surface area contributed by atoms with Crippen LogP contribution in [0.2, 0.25) is 0 Å². The summed E-state index contributed by atoms with van der Waals surface area (Å²) >= 11 is 0. The van der Waals surface area contributed by atoms with Gasteiger partial charge >= 0.3 is 21.7 Å². The molecule has 224 valence electrons. The molecule has 0 aliphatic heterocycles. The van der Waals surface area contributed by atoms with E-state index in [1.165, 1.54) is 36.5 Å². The van der Waals surface area contributed by atoms with E-state index >= 15 is 0 Å². The summed E-state index contributed by atoms with van der Waals surface area (Å²) in [5.74, 6) is -1.11. The topological polar surface area (TPSA) is 31.6 Å². The van der Waals surface area contributed by atoms with E-state index in [9.17, 15) is 17.6 Å². The van der Waals surface area contributed by atoms with Crippen LogP contribution in [0.3, 0.4) is 0 Å². The molecule has 0 radical (unpaired) electrons. The molecule has 4 aromatic carbocycles. The fraction of sp³-hybridized carbons (Fsp3) is 0.0526. The number of para-hydroxylation sites is 2. The van der Waals surface area contributed by atoms with Gasteiger partial charge in [0, 0.05) is 45.3 Å². The summed E-state index contributed by atoms with van der Waals surface area (Å²) in [6.07, 6.45) is 13.1. The largest absolute Gasteiger partial charge is 4.00 e. The Hall–Kier alpha value is -4.65. The van der Waals surface area contributed by atoms with Gasteiger partial charge in [0.2, 0.25) is 0 Å². The van der Waals surface area contributed by atoms with Crippen molar-refractivity contribution in [1.29, 1.82) is 0 Å². The molecule has 0 saturated carbocycles. The van der Waals surface area contributed by atoms with Gasteiger partial charge in [-0.15, -0.1) is 12.2 Å². The van der Waals surface area contributed by atoms with Crippen molar-refractivity contribution in [3.63, 3.8) is 0 Å². The van der Waals surface area contributed by atoms with Gasteiger partial charge in [-0.2, -0.15) is 61.4 Å². The fourth-order valence-corrected chi connectivity index (χ4v) is 4.91. The number of benzene rings is 2. The minimum absolute atomic E-state index is 0. The molecule has 0 spiro atoms. The third-order valence-corrected chi connectivity index (χ3v) is 7.00. The minimum Gasteiger partial charge on any atom is -0.361 e. The Balaban J connectivity index is 0.000000154. The van der Waals surface area contributed by atoms with Crippen molar-refractivity contribution < 1.29 is 39.3 Å². The van der Waals surface area contributed by atoms with E-state index in [4.69, 9.17) is 0 Å². The molecule has 6 aromatic rings. The molecule has 2 N–H and O–H groups in total. The molecule has 0 amide bonds. The monoisotopic (exact) mass is 638 g/mol. The van der Waals surface area contributed by atoms with Gasteiger partial charge in [0.05, 0.1) is 0 Å². The van der Waals surface area contributed by atoms with Crippen LogP contribution in [0.25, 0.3) is 21.8 Å². The fourth-order valence-electron chi connectivity index (χ4n) is 4.91. The Kier molecular flexibility index (Phi) is 11.4. The maximum absolute atomic E-state index is 14.7. The second kappa shape index (κ2) is 15.4. The number of halogens is 4. The molecule has 2 heterocycles. The van der Waals surface area contributed by atoms with E-state index in [2.05, 4.69) is 9.97 Å². The number of hydrogen-bond donors (Lipinski definition) is 2. The Morgan fingerprint density at radius 3 is 1.24 bits per heavy atom. The van der Waals surface area contributed by atoms with Crippen LogP contribution in [-0.4, -0.2) is 9.97 Å². The summed E-state index contributed by atoms with van der Waals surface area (Å²) in [4.78, 5) is 5.98. The first-order valence-corrected chi connectivity index (χ1v) is 14.0. The summed E-state index contributed by atoms with van der Waals surface area (Å²) < 4.78 is 55.7. The van der Waals surface area contributed by atoms with Gasteiger partial charge in [-0.25, -0.2) is 41.8 Å². The van der Waals surface area contributed by atoms with Crippen molar-refractivity contribution in [1.82, 2.24) is 9.97 Å². The SMILES string of the molecule is FC1=CC=CC(F)(c2c[nH]c3ccccc23)[CH-]1.FC1=CC=CC(F)(c2c[nH]c3ccccc23)[CH-]1.[Ti+4].c1cc[cH-]c1.c1cc[cH-]c1. The number of alkyl halides is 2. The van der Waals surface area contributed by atoms with Crippen LogP contribution in [0, 0.1) is 12.8 Å². The molecule has 2 aromatic heterocycles. The smallest absolute Gasteiger partial charge is 0.361 e. The number of hydrogen-bond acceptors (Lipinski definition) is 0. The van der Waals surface area contributed by atoms with Crippen molar-refractivity contribution in [2.45, 2.75) is 11.3 Å². The normalized spacial score (nSPS) is 19.6. The third kappa shape index (κ3) is 8.30. The molecule has 2 unspecified atom stereocenters. The quantitative estimate of drug-likeness (QED) is 0.107. The number of allylic oxidation sites excluding steroid dienone is 8. The van der Waals surface area contributed by atoms with Crippen molar-refractivity contribution in [3.8, 4) is 0 Å². The molecule has 2 nitrogen and oxygen atoms in total. The maximum atomic E-state index is 14.7. The van der Waals surface area contributed by atoms with Gasteiger partial charge in [0.1, 0.15) is 11.3 Å². The van der Waals surface area contributed by atoms with Gasteiger partial charge in [-0.3, -0.25) is 0 Å². The van der Waals surface area contributed by atoms with Crippen LogP contribution in [0.5, 0.6) is 0 Å². The van der Waals surface area contributed by atoms with Gasteiger partial charge in [-0.1, -0.05) is 48.6 Å². The van der Waals surface area contributed by atoms with Crippen LogP contribution < -0.4 is 0 Å². The van der Waals surface area contributed by atoms with Gasteiger partial charge in [0.15, 0.2) is 0 Å². The molecular weight excluding hydrogens is 608 g/mol. The predicted molar refractivity (Wildman–Crippen MR) is 172 cm³/mol. The predicted octanol–water partition coefficient (Wildman–Crippen LogP) is 10.7. The Bertz CT molecular complexity index is 1700. The Morgan fingerprint density at radius 1 is 0.533 bits per heavy atom. The summed E-state index contributed by atoms with van der Waals surface area (Å²) in [5.41, 5.74) is -1.19. The van der Waals surface area contributed by atoms with Crippen molar-refractivity contribution >= 4 is 21.8 Å². The average molecular weight is 639 g/mol. The zero-order valence-corrected chi connectivity index (χ0v) is 25.7. The molecule has 2 aliphatic carbocycles. The standard InChI is InChI=1S/2C14H10F2N.2C5H5.Ti/c2*15-10-4-3-7-14(16,8-10)12-9-17-13-6-2-1-5-11(12)13;2*1-2-4-5-3-1;/h2*1-9,17H;2*1-5H;/q4*-1;+4. The molecule has 0 fully saturated rings. The van der Waals surface area contributed by atoms with E-state index in [-0.39, 0.29) is 21.7 Å². The first-order chi connectivity index (χ1) is 21.4. The van der Waals surface area contributed by atoms with Crippen LogP contribution in [0.1, 0.15) is 11.1 Å². The number of H-pyrrole nitrogens is 2. The van der Waals surface area contributed by atoms with Crippen molar-refractivity contribution in [2.75, 3.05) is 0 Å². The molecule has 2 aliphatic rings. The summed E-state index contributed by atoms with van der Waals surface area (Å²) in [7, 11) is 0. The number of rotatable bonds is 2. The second-order valence-electron chi connectivity index (χ2n) is 10.1. The summed E-state index contributed by atoms with van der Waals surface area (Å²) in [6, 6.07) is 34.8. The molecule has 7 heteroatoms. The average Bonchev–Trinajstić information content (AvgIpc) is 3.86. The maximum Gasteiger partial charge on any atom is 4.00 e. The third-order valence-electron chi connectivity index (χ3n) is 7.00. The minimum atomic E-state index is -1.88. The zero-order chi connectivity index (χ0) is 30.8. The second-order valence-corrected chi connectivity index (χ2v) is 10.1. The van der Waals surface area contributed by atoms with Crippen LogP contribution in [0.15, 0.2) is 170 Å². The Morgan fingerprint density at radius 2 is 0.911 bits per heavy atom. The molecule has 8 rings (SSSR count). The molecular formula is C38H30F4N2Ti. The number of nitrogens with one attached hydrogen (secondary N) is 2. The zero-order valence-electron chi connectivity index (χ0n) is 24.2. The van der Waals surface area contributed by atoms with Gasteiger partial charge < -0.3 is 9.97 Å². The summed E-state index contributed by atoms with van der Waals surface area (Å²) in [5, 5.41) is 1.54. The molecule has 45 heavy (non-hydrogen) atoms. The number of aromatic amines is 2. The van der Waals surface area contributed by atoms with E-state index in [0.29, 0.717) is 11.1 Å². The van der Waals surface area contributed by atoms with Crippen molar-refractivity contribution in [3.05, 3.63) is 194 Å². The van der Waals surface area contributed by atoms with E-state index in [0.717, 1.165) is 34.6 Å².